The summed E-state index contributed by atoms with van der Waals surface area (Å²) in [4.78, 5) is 18.2. The van der Waals surface area contributed by atoms with Crippen molar-refractivity contribution in [3.05, 3.63) is 77.5 Å². The lowest BCUT2D eigenvalue weighted by molar-refractivity contribution is 0.234. The van der Waals surface area contributed by atoms with E-state index in [4.69, 9.17) is 10.7 Å². The third-order valence-corrected chi connectivity index (χ3v) is 7.82. The van der Waals surface area contributed by atoms with Crippen LogP contribution in [-0.2, 0) is 12.6 Å². The standard InChI is InChI=1S/C27H30F2N10/c1-26-11-18(19-12-34-36(3)15-19)16-39(26)35-17-33-24(26)37-6-8-38(9-7-37)25-31-13-20(14-32-25)27(2,30)22-5-4-21(28)10-23(22)29/h4-5,10,12-17H,6-9,11,30H2,1-3H3/t26?,27-/m0/s1. The lowest BCUT2D eigenvalue weighted by atomic mass is 9.87. The molecule has 2 N–H and O–H groups in total. The molecule has 202 valence electrons. The predicted molar refractivity (Wildman–Crippen MR) is 145 cm³/mol. The maximum atomic E-state index is 14.4. The van der Waals surface area contributed by atoms with E-state index in [2.05, 4.69) is 43.1 Å². The number of rotatable bonds is 4. The van der Waals surface area contributed by atoms with E-state index in [1.54, 1.807) is 30.3 Å². The van der Waals surface area contributed by atoms with Crippen molar-refractivity contribution in [1.82, 2.24) is 29.7 Å². The van der Waals surface area contributed by atoms with E-state index in [1.807, 2.05) is 24.5 Å². The zero-order valence-electron chi connectivity index (χ0n) is 22.1. The molecule has 0 amide bonds. The molecule has 0 spiro atoms. The number of amidine groups is 1. The monoisotopic (exact) mass is 532 g/mol. The molecule has 5 heterocycles. The van der Waals surface area contributed by atoms with E-state index < -0.39 is 17.2 Å². The Morgan fingerprint density at radius 1 is 1.03 bits per heavy atom. The number of aromatic nitrogens is 4. The van der Waals surface area contributed by atoms with Gasteiger partial charge in [-0.2, -0.15) is 10.2 Å². The highest BCUT2D eigenvalue weighted by Gasteiger charge is 2.46. The van der Waals surface area contributed by atoms with Gasteiger partial charge >= 0.3 is 0 Å². The SMILES string of the molecule is Cn1cc(C2=CN3N=CN=C(N4CCN(c5ncc([C@](C)(N)c6ccc(F)cc6F)cn5)CC4)C3(C)C2)cn1. The zero-order chi connectivity index (χ0) is 27.4. The number of aliphatic imine (C=N–C) groups is 1. The van der Waals surface area contributed by atoms with Crippen LogP contribution in [0.25, 0.3) is 5.57 Å². The van der Waals surface area contributed by atoms with Gasteiger partial charge in [0.2, 0.25) is 5.95 Å². The van der Waals surface area contributed by atoms with Gasteiger partial charge in [-0.15, -0.1) is 0 Å². The van der Waals surface area contributed by atoms with Gasteiger partial charge in [-0.3, -0.25) is 9.69 Å². The van der Waals surface area contributed by atoms with Crippen LogP contribution in [0.1, 0.15) is 37.0 Å². The number of piperazine rings is 1. The molecule has 1 aromatic carbocycles. The normalized spacial score (nSPS) is 22.5. The molecule has 0 radical (unpaired) electrons. The predicted octanol–water partition coefficient (Wildman–Crippen LogP) is 2.69. The van der Waals surface area contributed by atoms with E-state index in [0.29, 0.717) is 24.6 Å². The fourth-order valence-electron chi connectivity index (χ4n) is 5.53. The number of anilines is 1. The zero-order valence-corrected chi connectivity index (χ0v) is 22.1. The summed E-state index contributed by atoms with van der Waals surface area (Å²) in [6.45, 7) is 6.75. The van der Waals surface area contributed by atoms with Crippen molar-refractivity contribution in [3.63, 3.8) is 0 Å². The van der Waals surface area contributed by atoms with Gasteiger partial charge in [-0.1, -0.05) is 6.07 Å². The van der Waals surface area contributed by atoms with Gasteiger partial charge in [-0.05, 0) is 25.5 Å². The molecule has 0 saturated carbocycles. The maximum absolute atomic E-state index is 14.4. The fourth-order valence-corrected chi connectivity index (χ4v) is 5.53. The first-order valence-electron chi connectivity index (χ1n) is 12.8. The van der Waals surface area contributed by atoms with Crippen molar-refractivity contribution in [1.29, 1.82) is 0 Å². The van der Waals surface area contributed by atoms with E-state index in [9.17, 15) is 8.78 Å². The molecule has 2 atom stereocenters. The number of hydrogen-bond acceptors (Lipinski definition) is 9. The second-order valence-electron chi connectivity index (χ2n) is 10.6. The Bertz CT molecular complexity index is 1480. The summed E-state index contributed by atoms with van der Waals surface area (Å²) >= 11 is 0. The minimum Gasteiger partial charge on any atom is -0.354 e. The van der Waals surface area contributed by atoms with Crippen LogP contribution >= 0.6 is 0 Å². The van der Waals surface area contributed by atoms with Crippen molar-refractivity contribution in [2.75, 3.05) is 31.1 Å². The lowest BCUT2D eigenvalue weighted by Crippen LogP contribution is -2.59. The molecule has 3 aliphatic heterocycles. The molecule has 1 fully saturated rings. The average Bonchev–Trinajstić information content (AvgIpc) is 3.51. The Morgan fingerprint density at radius 3 is 2.41 bits per heavy atom. The third kappa shape index (κ3) is 4.34. The Morgan fingerprint density at radius 2 is 1.74 bits per heavy atom. The molecule has 12 heteroatoms. The number of halogens is 2. The second-order valence-corrected chi connectivity index (χ2v) is 10.6. The Balaban J connectivity index is 1.13. The highest BCUT2D eigenvalue weighted by atomic mass is 19.1. The maximum Gasteiger partial charge on any atom is 0.225 e. The Hall–Kier alpha value is -4.19. The lowest BCUT2D eigenvalue weighted by Gasteiger charge is -2.44. The summed E-state index contributed by atoms with van der Waals surface area (Å²) in [7, 11) is 1.91. The molecule has 10 nitrogen and oxygen atoms in total. The molecule has 2 aromatic heterocycles. The first-order valence-corrected chi connectivity index (χ1v) is 12.8. The van der Waals surface area contributed by atoms with Crippen molar-refractivity contribution in [2.24, 2.45) is 22.9 Å². The van der Waals surface area contributed by atoms with E-state index in [-0.39, 0.29) is 11.1 Å². The van der Waals surface area contributed by atoms with Crippen LogP contribution in [-0.4, -0.2) is 73.5 Å². The van der Waals surface area contributed by atoms with Gasteiger partial charge in [-0.25, -0.2) is 23.7 Å². The van der Waals surface area contributed by atoms with Gasteiger partial charge in [0.25, 0.3) is 0 Å². The number of hydrogen-bond donors (Lipinski definition) is 1. The van der Waals surface area contributed by atoms with E-state index >= 15 is 0 Å². The summed E-state index contributed by atoms with van der Waals surface area (Å²) in [6.07, 6.45) is 11.6. The van der Waals surface area contributed by atoms with Crippen LogP contribution < -0.4 is 10.6 Å². The first kappa shape index (κ1) is 25.1. The molecule has 0 bridgehead atoms. The molecule has 3 aliphatic rings. The highest BCUT2D eigenvalue weighted by Crippen LogP contribution is 2.40. The quantitative estimate of drug-likeness (QED) is 0.551. The van der Waals surface area contributed by atoms with Crippen LogP contribution in [0.2, 0.25) is 0 Å². The summed E-state index contributed by atoms with van der Waals surface area (Å²) in [5.74, 6) is 0.219. The molecular weight excluding hydrogens is 502 g/mol. The van der Waals surface area contributed by atoms with Gasteiger partial charge in [0.15, 0.2) is 0 Å². The van der Waals surface area contributed by atoms with Crippen LogP contribution in [0, 0.1) is 11.6 Å². The van der Waals surface area contributed by atoms with Crippen molar-refractivity contribution >= 4 is 23.7 Å². The van der Waals surface area contributed by atoms with Gasteiger partial charge in [0, 0.05) is 87.2 Å². The van der Waals surface area contributed by atoms with Crippen LogP contribution in [0.4, 0.5) is 14.7 Å². The van der Waals surface area contributed by atoms with Crippen molar-refractivity contribution < 1.29 is 8.78 Å². The Labute approximate surface area is 225 Å². The largest absolute Gasteiger partial charge is 0.354 e. The highest BCUT2D eigenvalue weighted by molar-refractivity contribution is 6.00. The van der Waals surface area contributed by atoms with E-state index in [1.165, 1.54) is 17.7 Å². The van der Waals surface area contributed by atoms with Crippen molar-refractivity contribution in [2.45, 2.75) is 31.3 Å². The van der Waals surface area contributed by atoms with Gasteiger partial charge < -0.3 is 15.5 Å². The summed E-state index contributed by atoms with van der Waals surface area (Å²) < 4.78 is 29.6. The molecule has 6 rings (SSSR count). The molecule has 3 aromatic rings. The fraction of sp³-hybridized carbons (Fsp3) is 0.370. The smallest absolute Gasteiger partial charge is 0.225 e. The number of hydrazone groups is 1. The summed E-state index contributed by atoms with van der Waals surface area (Å²) in [5, 5.41) is 10.8. The Kier molecular flexibility index (Phi) is 5.94. The number of nitrogens with zero attached hydrogens (tertiary/aromatic N) is 9. The minimum absolute atomic E-state index is 0.182. The third-order valence-electron chi connectivity index (χ3n) is 7.82. The number of nitrogens with two attached hydrogens (primary N) is 1. The number of fused-ring (bicyclic) bond motifs is 1. The van der Waals surface area contributed by atoms with Crippen LogP contribution in [0.5, 0.6) is 0 Å². The molecule has 0 aliphatic carbocycles. The molecular formula is C27H30F2N10. The molecule has 1 unspecified atom stereocenters. The number of aryl methyl sites for hydroxylation is 1. The van der Waals surface area contributed by atoms with Crippen molar-refractivity contribution in [3.8, 4) is 0 Å². The first-order chi connectivity index (χ1) is 18.6. The van der Waals surface area contributed by atoms with Gasteiger partial charge in [0.05, 0.1) is 11.7 Å². The summed E-state index contributed by atoms with van der Waals surface area (Å²) in [6, 6.07) is 3.39. The van der Waals surface area contributed by atoms with Crippen LogP contribution in [0.15, 0.2) is 59.3 Å². The summed E-state index contributed by atoms with van der Waals surface area (Å²) in [5.41, 5.74) is 7.85. The van der Waals surface area contributed by atoms with E-state index in [0.717, 1.165) is 37.0 Å². The topological polar surface area (TPSA) is 104 Å². The average molecular weight is 533 g/mol. The van der Waals surface area contributed by atoms with Gasteiger partial charge in [0.1, 0.15) is 29.3 Å². The minimum atomic E-state index is -1.21. The van der Waals surface area contributed by atoms with Crippen LogP contribution in [0.3, 0.4) is 0 Å². The molecule has 1 saturated heterocycles. The molecule has 39 heavy (non-hydrogen) atoms. The second kappa shape index (κ2) is 9.23. The number of benzene rings is 1.